The Kier molecular flexibility index (Phi) is 4.81. The average Bonchev–Trinajstić information content (AvgIpc) is 2.93. The summed E-state index contributed by atoms with van der Waals surface area (Å²) in [5, 5.41) is 7.93. The van der Waals surface area contributed by atoms with E-state index in [0.29, 0.717) is 22.0 Å². The largest absolute Gasteiger partial charge is 0.319 e. The number of nitrogens with one attached hydrogen (secondary N) is 1. The normalized spacial score (nSPS) is 10.7. The van der Waals surface area contributed by atoms with Crippen molar-refractivity contribution < 1.29 is 4.79 Å². The van der Waals surface area contributed by atoms with E-state index in [9.17, 15) is 4.79 Å². The number of hydrogen-bond donors (Lipinski definition) is 1. The van der Waals surface area contributed by atoms with Gasteiger partial charge in [0.25, 0.3) is 5.91 Å². The van der Waals surface area contributed by atoms with Gasteiger partial charge in [-0.05, 0) is 31.2 Å². The molecule has 0 unspecified atom stereocenters. The molecule has 122 valence electrons. The first-order valence-electron chi connectivity index (χ1n) is 7.03. The summed E-state index contributed by atoms with van der Waals surface area (Å²) in [7, 11) is 0. The third-order valence-electron chi connectivity index (χ3n) is 3.50. The van der Waals surface area contributed by atoms with Crippen LogP contribution in [-0.4, -0.2) is 15.7 Å². The summed E-state index contributed by atoms with van der Waals surface area (Å²) in [6.07, 6.45) is 1.51. The molecule has 4 nitrogen and oxygen atoms in total. The van der Waals surface area contributed by atoms with E-state index in [4.69, 9.17) is 34.8 Å². The first kappa shape index (κ1) is 16.8. The fourth-order valence-corrected chi connectivity index (χ4v) is 3.22. The Morgan fingerprint density at radius 1 is 1.08 bits per heavy atom. The highest BCUT2D eigenvalue weighted by molar-refractivity contribution is 6.42. The van der Waals surface area contributed by atoms with Gasteiger partial charge in [-0.25, -0.2) is 4.68 Å². The quantitative estimate of drug-likeness (QED) is 0.662. The van der Waals surface area contributed by atoms with E-state index in [2.05, 4.69) is 10.4 Å². The van der Waals surface area contributed by atoms with Gasteiger partial charge in [-0.3, -0.25) is 4.79 Å². The Morgan fingerprint density at radius 3 is 2.33 bits per heavy atom. The second-order valence-electron chi connectivity index (χ2n) is 5.09. The van der Waals surface area contributed by atoms with Gasteiger partial charge in [0.2, 0.25) is 0 Å². The molecule has 0 aliphatic carbocycles. The summed E-state index contributed by atoms with van der Waals surface area (Å²) in [4.78, 5) is 12.6. The molecule has 3 rings (SSSR count). The van der Waals surface area contributed by atoms with E-state index >= 15 is 0 Å². The van der Waals surface area contributed by atoms with E-state index in [-0.39, 0.29) is 16.0 Å². The van der Waals surface area contributed by atoms with E-state index < -0.39 is 0 Å². The maximum atomic E-state index is 12.6. The lowest BCUT2D eigenvalue weighted by molar-refractivity contribution is 0.102. The van der Waals surface area contributed by atoms with Crippen LogP contribution in [0.4, 0.5) is 5.69 Å². The molecule has 0 radical (unpaired) electrons. The van der Waals surface area contributed by atoms with Gasteiger partial charge >= 0.3 is 0 Å². The van der Waals surface area contributed by atoms with Crippen LogP contribution in [0.15, 0.2) is 48.7 Å². The number of aromatic nitrogens is 2. The minimum absolute atomic E-state index is 0.272. The fraction of sp³-hybridized carbons (Fsp3) is 0.0588. The summed E-state index contributed by atoms with van der Waals surface area (Å²) in [6.45, 7) is 1.82. The Hall–Kier alpha value is -2.01. The molecule has 0 fully saturated rings. The van der Waals surface area contributed by atoms with E-state index in [1.807, 2.05) is 37.3 Å². The van der Waals surface area contributed by atoms with Crippen LogP contribution in [0.3, 0.4) is 0 Å². The van der Waals surface area contributed by atoms with Gasteiger partial charge < -0.3 is 5.32 Å². The molecular weight excluding hydrogens is 369 g/mol. The molecule has 0 aliphatic rings. The van der Waals surface area contributed by atoms with Gasteiger partial charge in [0.05, 0.1) is 38.9 Å². The van der Waals surface area contributed by atoms with Gasteiger partial charge in [0, 0.05) is 5.02 Å². The lowest BCUT2D eigenvalue weighted by Crippen LogP contribution is -2.14. The maximum Gasteiger partial charge on any atom is 0.259 e. The van der Waals surface area contributed by atoms with Gasteiger partial charge in [-0.2, -0.15) is 5.10 Å². The van der Waals surface area contributed by atoms with Crippen LogP contribution in [0.1, 0.15) is 16.1 Å². The van der Waals surface area contributed by atoms with E-state index in [0.717, 1.165) is 5.69 Å². The minimum Gasteiger partial charge on any atom is -0.319 e. The highest BCUT2D eigenvalue weighted by Gasteiger charge is 2.18. The lowest BCUT2D eigenvalue weighted by atomic mass is 10.2. The van der Waals surface area contributed by atoms with Crippen molar-refractivity contribution in [3.05, 3.63) is 75.0 Å². The molecule has 0 aliphatic heterocycles. The number of benzene rings is 2. The SMILES string of the molecule is Cc1c(C(=O)Nc2c(Cl)cc(Cl)cc2Cl)cnn1-c1ccccc1. The van der Waals surface area contributed by atoms with Crippen LogP contribution >= 0.6 is 34.8 Å². The summed E-state index contributed by atoms with van der Waals surface area (Å²) in [5.41, 5.74) is 2.33. The number of rotatable bonds is 3. The number of hydrogen-bond acceptors (Lipinski definition) is 2. The zero-order valence-electron chi connectivity index (χ0n) is 12.6. The molecule has 1 heterocycles. The molecule has 24 heavy (non-hydrogen) atoms. The van der Waals surface area contributed by atoms with Crippen molar-refractivity contribution in [1.29, 1.82) is 0 Å². The Bertz CT molecular complexity index is 884. The van der Waals surface area contributed by atoms with Crippen molar-refractivity contribution >= 4 is 46.4 Å². The summed E-state index contributed by atoms with van der Waals surface area (Å²) in [6, 6.07) is 12.6. The van der Waals surface area contributed by atoms with E-state index in [1.165, 1.54) is 18.3 Å². The van der Waals surface area contributed by atoms with Crippen LogP contribution in [0.25, 0.3) is 5.69 Å². The first-order chi connectivity index (χ1) is 11.5. The smallest absolute Gasteiger partial charge is 0.259 e. The number of halogens is 3. The molecule has 3 aromatic rings. The first-order valence-corrected chi connectivity index (χ1v) is 8.16. The van der Waals surface area contributed by atoms with Gasteiger partial charge in [0.1, 0.15) is 0 Å². The van der Waals surface area contributed by atoms with Gasteiger partial charge in [0.15, 0.2) is 0 Å². The third kappa shape index (κ3) is 3.26. The van der Waals surface area contributed by atoms with Crippen molar-refractivity contribution in [3.63, 3.8) is 0 Å². The molecule has 0 bridgehead atoms. The minimum atomic E-state index is -0.346. The monoisotopic (exact) mass is 379 g/mol. The molecule has 1 aromatic heterocycles. The number of anilines is 1. The fourth-order valence-electron chi connectivity index (χ4n) is 2.30. The van der Waals surface area contributed by atoms with Gasteiger partial charge in [-0.15, -0.1) is 0 Å². The van der Waals surface area contributed by atoms with Crippen LogP contribution in [0.5, 0.6) is 0 Å². The molecule has 1 amide bonds. The Labute approximate surface area is 154 Å². The standard InChI is InChI=1S/C17H12Cl3N3O/c1-10-13(9-21-23(10)12-5-3-2-4-6-12)17(24)22-16-14(19)7-11(18)8-15(16)20/h2-9H,1H3,(H,22,24). The molecule has 1 N–H and O–H groups in total. The number of nitrogens with zero attached hydrogens (tertiary/aromatic N) is 2. The predicted molar refractivity (Wildman–Crippen MR) is 97.7 cm³/mol. The molecule has 0 saturated carbocycles. The molecule has 2 aromatic carbocycles. The second-order valence-corrected chi connectivity index (χ2v) is 6.34. The molecule has 7 heteroatoms. The number of para-hydroxylation sites is 1. The van der Waals surface area contributed by atoms with Crippen molar-refractivity contribution in [1.82, 2.24) is 9.78 Å². The number of carbonyl (C=O) groups excluding carboxylic acids is 1. The van der Waals surface area contributed by atoms with Crippen LogP contribution in [-0.2, 0) is 0 Å². The Balaban J connectivity index is 1.91. The Morgan fingerprint density at radius 2 is 1.71 bits per heavy atom. The summed E-state index contributed by atoms with van der Waals surface area (Å²) >= 11 is 18.1. The van der Waals surface area contributed by atoms with Crippen molar-refractivity contribution in [3.8, 4) is 5.69 Å². The molecule has 0 atom stereocenters. The van der Waals surface area contributed by atoms with Crippen molar-refractivity contribution in [2.75, 3.05) is 5.32 Å². The van der Waals surface area contributed by atoms with Gasteiger partial charge in [-0.1, -0.05) is 53.0 Å². The van der Waals surface area contributed by atoms with Crippen LogP contribution in [0, 0.1) is 6.92 Å². The predicted octanol–water partition coefficient (Wildman–Crippen LogP) is 5.39. The second kappa shape index (κ2) is 6.85. The molecule has 0 spiro atoms. The van der Waals surface area contributed by atoms with Crippen molar-refractivity contribution in [2.24, 2.45) is 0 Å². The highest BCUT2D eigenvalue weighted by atomic mass is 35.5. The van der Waals surface area contributed by atoms with Crippen LogP contribution in [0.2, 0.25) is 15.1 Å². The zero-order chi connectivity index (χ0) is 17.3. The number of amides is 1. The number of carbonyl (C=O) groups is 1. The summed E-state index contributed by atoms with van der Waals surface area (Å²) in [5.74, 6) is -0.346. The van der Waals surface area contributed by atoms with Crippen molar-refractivity contribution in [2.45, 2.75) is 6.92 Å². The molecular formula is C17H12Cl3N3O. The zero-order valence-corrected chi connectivity index (χ0v) is 14.8. The lowest BCUT2D eigenvalue weighted by Gasteiger charge is -2.10. The van der Waals surface area contributed by atoms with E-state index in [1.54, 1.807) is 4.68 Å². The average molecular weight is 381 g/mol. The maximum absolute atomic E-state index is 12.6. The summed E-state index contributed by atoms with van der Waals surface area (Å²) < 4.78 is 1.69. The van der Waals surface area contributed by atoms with Crippen LogP contribution < -0.4 is 5.32 Å². The topological polar surface area (TPSA) is 46.9 Å². The molecule has 0 saturated heterocycles. The highest BCUT2D eigenvalue weighted by Crippen LogP contribution is 2.34. The third-order valence-corrected chi connectivity index (χ3v) is 4.31.